The van der Waals surface area contributed by atoms with Gasteiger partial charge in [-0.3, -0.25) is 0 Å². The molecule has 17 heavy (non-hydrogen) atoms. The molecule has 0 bridgehead atoms. The Kier molecular flexibility index (Phi) is 5.45. The number of hydrogen-bond acceptors (Lipinski definition) is 3. The van der Waals surface area contributed by atoms with Gasteiger partial charge >= 0.3 is 0 Å². The molecule has 0 saturated carbocycles. The van der Waals surface area contributed by atoms with Crippen molar-refractivity contribution < 1.29 is 9.84 Å². The Labute approximate surface area is 104 Å². The number of aliphatic hydroxyl groups is 1. The molecule has 0 aliphatic carbocycles. The number of nitrogens with one attached hydrogen (secondary N) is 1. The van der Waals surface area contributed by atoms with Crippen LogP contribution in [0.3, 0.4) is 0 Å². The van der Waals surface area contributed by atoms with Crippen molar-refractivity contribution in [2.75, 3.05) is 13.2 Å². The fourth-order valence-corrected chi connectivity index (χ4v) is 1.64. The predicted octanol–water partition coefficient (Wildman–Crippen LogP) is 2.04. The van der Waals surface area contributed by atoms with Crippen LogP contribution in [0.5, 0.6) is 5.75 Å². The molecule has 0 amide bonds. The van der Waals surface area contributed by atoms with Gasteiger partial charge in [-0.25, -0.2) is 0 Å². The summed E-state index contributed by atoms with van der Waals surface area (Å²) in [6.45, 7) is 9.06. The van der Waals surface area contributed by atoms with Crippen LogP contribution in [-0.2, 0) is 0 Å². The second kappa shape index (κ2) is 6.62. The predicted molar refractivity (Wildman–Crippen MR) is 70.6 cm³/mol. The average molecular weight is 237 g/mol. The van der Waals surface area contributed by atoms with Crippen molar-refractivity contribution in [2.45, 2.75) is 39.8 Å². The van der Waals surface area contributed by atoms with Gasteiger partial charge < -0.3 is 15.2 Å². The lowest BCUT2D eigenvalue weighted by atomic mass is 10.1. The van der Waals surface area contributed by atoms with E-state index in [9.17, 15) is 5.11 Å². The Morgan fingerprint density at radius 2 is 1.76 bits per heavy atom. The van der Waals surface area contributed by atoms with E-state index in [0.717, 1.165) is 5.75 Å². The van der Waals surface area contributed by atoms with Crippen LogP contribution in [0, 0.1) is 13.8 Å². The monoisotopic (exact) mass is 237 g/mol. The summed E-state index contributed by atoms with van der Waals surface area (Å²) in [5.41, 5.74) is 2.35. The molecule has 1 atom stereocenters. The van der Waals surface area contributed by atoms with Gasteiger partial charge in [0.25, 0.3) is 0 Å². The second-order valence-corrected chi connectivity index (χ2v) is 4.85. The normalized spacial score (nSPS) is 12.8. The minimum atomic E-state index is -0.474. The molecule has 0 radical (unpaired) electrons. The zero-order valence-electron chi connectivity index (χ0n) is 11.2. The highest BCUT2D eigenvalue weighted by atomic mass is 16.5. The Bertz CT molecular complexity index is 330. The highest BCUT2D eigenvalue weighted by Crippen LogP contribution is 2.16. The molecule has 0 heterocycles. The Hall–Kier alpha value is -1.06. The third-order valence-electron chi connectivity index (χ3n) is 2.40. The molecule has 1 rings (SSSR count). The van der Waals surface area contributed by atoms with E-state index in [4.69, 9.17) is 4.74 Å². The first kappa shape index (κ1) is 14.0. The van der Waals surface area contributed by atoms with E-state index in [1.54, 1.807) is 0 Å². The van der Waals surface area contributed by atoms with Gasteiger partial charge in [0, 0.05) is 12.6 Å². The fourth-order valence-electron chi connectivity index (χ4n) is 1.64. The molecule has 0 spiro atoms. The summed E-state index contributed by atoms with van der Waals surface area (Å²) in [6.07, 6.45) is -0.474. The summed E-state index contributed by atoms with van der Waals surface area (Å²) < 4.78 is 5.57. The molecule has 0 aliphatic heterocycles. The lowest BCUT2D eigenvalue weighted by molar-refractivity contribution is 0.104. The van der Waals surface area contributed by atoms with E-state index in [-0.39, 0.29) is 0 Å². The molecular weight excluding hydrogens is 214 g/mol. The van der Waals surface area contributed by atoms with Gasteiger partial charge in [0.1, 0.15) is 18.5 Å². The van der Waals surface area contributed by atoms with Crippen LogP contribution < -0.4 is 10.1 Å². The first-order valence-electron chi connectivity index (χ1n) is 6.10. The standard InChI is InChI=1S/C14H23NO2/c1-10(2)15-8-13(16)9-17-14-6-11(3)5-12(4)7-14/h5-7,10,13,15-16H,8-9H2,1-4H3/t13-/m1/s1. The van der Waals surface area contributed by atoms with E-state index in [2.05, 4.69) is 25.2 Å². The molecule has 0 saturated heterocycles. The first-order chi connectivity index (χ1) is 7.97. The van der Waals surface area contributed by atoms with Crippen molar-refractivity contribution in [3.63, 3.8) is 0 Å². The van der Waals surface area contributed by atoms with Crippen molar-refractivity contribution >= 4 is 0 Å². The zero-order chi connectivity index (χ0) is 12.8. The Morgan fingerprint density at radius 1 is 1.18 bits per heavy atom. The van der Waals surface area contributed by atoms with Crippen LogP contribution in [0.25, 0.3) is 0 Å². The van der Waals surface area contributed by atoms with Gasteiger partial charge in [-0.05, 0) is 37.1 Å². The molecule has 0 aromatic heterocycles. The molecule has 0 fully saturated rings. The SMILES string of the molecule is Cc1cc(C)cc(OC[C@H](O)CNC(C)C)c1. The third-order valence-corrected chi connectivity index (χ3v) is 2.40. The summed E-state index contributed by atoms with van der Waals surface area (Å²) in [4.78, 5) is 0. The number of aryl methyl sites for hydroxylation is 2. The minimum Gasteiger partial charge on any atom is -0.491 e. The van der Waals surface area contributed by atoms with Gasteiger partial charge in [0.05, 0.1) is 0 Å². The molecule has 1 aromatic rings. The molecular formula is C14H23NO2. The van der Waals surface area contributed by atoms with E-state index in [1.165, 1.54) is 11.1 Å². The molecule has 3 heteroatoms. The lowest BCUT2D eigenvalue weighted by Crippen LogP contribution is -2.35. The van der Waals surface area contributed by atoms with Crippen molar-refractivity contribution in [1.82, 2.24) is 5.32 Å². The van der Waals surface area contributed by atoms with Gasteiger partial charge in [0.2, 0.25) is 0 Å². The maximum Gasteiger partial charge on any atom is 0.119 e. The van der Waals surface area contributed by atoms with Gasteiger partial charge in [0.15, 0.2) is 0 Å². The van der Waals surface area contributed by atoms with Crippen LogP contribution in [0.2, 0.25) is 0 Å². The van der Waals surface area contributed by atoms with E-state index in [1.807, 2.05) is 26.0 Å². The maximum atomic E-state index is 9.71. The smallest absolute Gasteiger partial charge is 0.119 e. The Morgan fingerprint density at radius 3 is 2.29 bits per heavy atom. The highest BCUT2D eigenvalue weighted by Gasteiger charge is 2.06. The average Bonchev–Trinajstić information content (AvgIpc) is 2.22. The first-order valence-corrected chi connectivity index (χ1v) is 6.10. The van der Waals surface area contributed by atoms with Crippen LogP contribution in [0.4, 0.5) is 0 Å². The molecule has 0 unspecified atom stereocenters. The number of rotatable bonds is 6. The zero-order valence-corrected chi connectivity index (χ0v) is 11.2. The minimum absolute atomic E-state index is 0.322. The van der Waals surface area contributed by atoms with Gasteiger partial charge in [-0.2, -0.15) is 0 Å². The number of aliphatic hydroxyl groups excluding tert-OH is 1. The second-order valence-electron chi connectivity index (χ2n) is 4.85. The number of ether oxygens (including phenoxy) is 1. The van der Waals surface area contributed by atoms with Crippen LogP contribution >= 0.6 is 0 Å². The quantitative estimate of drug-likeness (QED) is 0.795. The van der Waals surface area contributed by atoms with E-state index >= 15 is 0 Å². The van der Waals surface area contributed by atoms with Crippen LogP contribution in [0.1, 0.15) is 25.0 Å². The number of hydrogen-bond donors (Lipinski definition) is 2. The molecule has 3 nitrogen and oxygen atoms in total. The summed E-state index contributed by atoms with van der Waals surface area (Å²) in [6, 6.07) is 6.44. The molecule has 96 valence electrons. The third kappa shape index (κ3) is 5.71. The summed E-state index contributed by atoms with van der Waals surface area (Å²) in [7, 11) is 0. The molecule has 0 aliphatic rings. The Balaban J connectivity index is 2.39. The lowest BCUT2D eigenvalue weighted by Gasteiger charge is -2.15. The van der Waals surface area contributed by atoms with Gasteiger partial charge in [-0.1, -0.05) is 19.9 Å². The maximum absolute atomic E-state index is 9.71. The van der Waals surface area contributed by atoms with Crippen molar-refractivity contribution in [2.24, 2.45) is 0 Å². The van der Waals surface area contributed by atoms with E-state index < -0.39 is 6.10 Å². The summed E-state index contributed by atoms with van der Waals surface area (Å²) in [5, 5.41) is 12.9. The van der Waals surface area contributed by atoms with Crippen molar-refractivity contribution in [3.8, 4) is 5.75 Å². The van der Waals surface area contributed by atoms with Crippen LogP contribution in [0.15, 0.2) is 18.2 Å². The molecule has 2 N–H and O–H groups in total. The topological polar surface area (TPSA) is 41.5 Å². The van der Waals surface area contributed by atoms with E-state index in [0.29, 0.717) is 19.2 Å². The summed E-state index contributed by atoms with van der Waals surface area (Å²) >= 11 is 0. The highest BCUT2D eigenvalue weighted by molar-refractivity contribution is 5.32. The largest absolute Gasteiger partial charge is 0.491 e. The van der Waals surface area contributed by atoms with Crippen molar-refractivity contribution in [1.29, 1.82) is 0 Å². The molecule has 1 aromatic carbocycles. The fraction of sp³-hybridized carbons (Fsp3) is 0.571. The number of benzene rings is 1. The summed E-state index contributed by atoms with van der Waals surface area (Å²) in [5.74, 6) is 0.825. The van der Waals surface area contributed by atoms with Crippen molar-refractivity contribution in [3.05, 3.63) is 29.3 Å². The van der Waals surface area contributed by atoms with Crippen LogP contribution in [-0.4, -0.2) is 30.4 Å². The van der Waals surface area contributed by atoms with Gasteiger partial charge in [-0.15, -0.1) is 0 Å².